The monoisotopic (exact) mass is 453 g/mol. The second-order valence-electron chi connectivity index (χ2n) is 7.23. The number of carbonyl (C=O) groups is 2. The molecule has 164 valence electrons. The van der Waals surface area contributed by atoms with Crippen LogP contribution in [0.3, 0.4) is 0 Å². The van der Waals surface area contributed by atoms with Crippen molar-refractivity contribution >= 4 is 38.9 Å². The highest BCUT2D eigenvalue weighted by Crippen LogP contribution is 2.30. The van der Waals surface area contributed by atoms with Gasteiger partial charge in [-0.05, 0) is 48.9 Å². The molecule has 0 spiro atoms. The van der Waals surface area contributed by atoms with E-state index in [0.717, 1.165) is 12.5 Å². The minimum atomic E-state index is -4.12. The first kappa shape index (κ1) is 21.5. The van der Waals surface area contributed by atoms with E-state index in [0.29, 0.717) is 24.3 Å². The maximum atomic E-state index is 13.9. The molecule has 1 saturated heterocycles. The first-order valence-electron chi connectivity index (χ1n) is 9.93. The van der Waals surface area contributed by atoms with Crippen LogP contribution in [0, 0.1) is 5.82 Å². The van der Waals surface area contributed by atoms with Crippen LogP contribution >= 0.6 is 0 Å². The highest BCUT2D eigenvalue weighted by molar-refractivity contribution is 7.92. The lowest BCUT2D eigenvalue weighted by Crippen LogP contribution is -2.25. The minimum absolute atomic E-state index is 0.0148. The Balaban J connectivity index is 1.57. The van der Waals surface area contributed by atoms with Crippen LogP contribution in [0.5, 0.6) is 0 Å². The van der Waals surface area contributed by atoms with Crippen LogP contribution in [0.4, 0.5) is 21.5 Å². The van der Waals surface area contributed by atoms with Gasteiger partial charge in [-0.25, -0.2) is 12.8 Å². The molecular weight excluding hydrogens is 433 g/mol. The number of hydrogen-bond acceptors (Lipinski definition) is 4. The second-order valence-corrected chi connectivity index (χ2v) is 8.92. The third-order valence-electron chi connectivity index (χ3n) is 5.04. The van der Waals surface area contributed by atoms with E-state index in [4.69, 9.17) is 0 Å². The summed E-state index contributed by atoms with van der Waals surface area (Å²) in [6.45, 7) is 0.571. The Kier molecular flexibility index (Phi) is 5.91. The molecule has 1 aliphatic rings. The summed E-state index contributed by atoms with van der Waals surface area (Å²) in [5.41, 5.74) is 0.953. The number of carbonyl (C=O) groups excluding carboxylic acids is 2. The molecule has 0 atom stereocenters. The first-order chi connectivity index (χ1) is 15.3. The van der Waals surface area contributed by atoms with E-state index in [1.165, 1.54) is 42.5 Å². The van der Waals surface area contributed by atoms with Gasteiger partial charge in [-0.2, -0.15) is 0 Å². The van der Waals surface area contributed by atoms with E-state index in [2.05, 4.69) is 10.0 Å². The van der Waals surface area contributed by atoms with Crippen LogP contribution in [0.25, 0.3) is 0 Å². The van der Waals surface area contributed by atoms with Gasteiger partial charge < -0.3 is 10.2 Å². The number of benzene rings is 3. The largest absolute Gasteiger partial charge is 0.320 e. The van der Waals surface area contributed by atoms with Crippen LogP contribution in [-0.4, -0.2) is 26.8 Å². The lowest BCUT2D eigenvalue weighted by molar-refractivity contribution is -0.117. The summed E-state index contributed by atoms with van der Waals surface area (Å²) in [4.78, 5) is 26.4. The quantitative estimate of drug-likeness (QED) is 0.590. The Hall–Kier alpha value is -3.72. The molecular formula is C23H20FN3O4S. The Bertz CT molecular complexity index is 1290. The van der Waals surface area contributed by atoms with Gasteiger partial charge in [0.05, 0.1) is 22.0 Å². The number of para-hydroxylation sites is 3. The number of nitrogens with one attached hydrogen (secondary N) is 2. The Morgan fingerprint density at radius 2 is 1.66 bits per heavy atom. The summed E-state index contributed by atoms with van der Waals surface area (Å²) < 4.78 is 41.4. The Morgan fingerprint density at radius 3 is 2.38 bits per heavy atom. The number of sulfonamides is 1. The van der Waals surface area contributed by atoms with Crippen molar-refractivity contribution in [1.29, 1.82) is 0 Å². The van der Waals surface area contributed by atoms with Gasteiger partial charge in [-0.1, -0.05) is 30.3 Å². The summed E-state index contributed by atoms with van der Waals surface area (Å²) in [5.74, 6) is -1.26. The maximum Gasteiger partial charge on any atom is 0.262 e. The van der Waals surface area contributed by atoms with Crippen molar-refractivity contribution in [3.05, 3.63) is 84.2 Å². The zero-order chi connectivity index (χ0) is 22.7. The number of anilines is 3. The number of halogens is 1. The van der Waals surface area contributed by atoms with E-state index in [1.54, 1.807) is 29.2 Å². The van der Waals surface area contributed by atoms with Crippen LogP contribution in [0.15, 0.2) is 77.7 Å². The van der Waals surface area contributed by atoms with Crippen LogP contribution in [-0.2, 0) is 14.8 Å². The third-order valence-corrected chi connectivity index (χ3v) is 6.40. The van der Waals surface area contributed by atoms with Crippen molar-refractivity contribution in [3.8, 4) is 0 Å². The standard InChI is InChI=1S/C23H20FN3O4S/c24-18-9-1-2-10-19(18)26-32(30,31)17-8-5-7-16(15-17)23(29)25-20-11-3-4-12-21(20)27-14-6-13-22(27)28/h1-5,7-12,15,26H,6,13-14H2,(H,25,29). The molecule has 1 fully saturated rings. The van der Waals surface area contributed by atoms with E-state index >= 15 is 0 Å². The molecule has 9 heteroatoms. The molecule has 3 aromatic carbocycles. The number of hydrogen-bond donors (Lipinski definition) is 2. The van der Waals surface area contributed by atoms with Gasteiger partial charge in [0.15, 0.2) is 0 Å². The highest BCUT2D eigenvalue weighted by atomic mass is 32.2. The molecule has 0 bridgehead atoms. The average Bonchev–Trinajstić information content (AvgIpc) is 3.21. The normalized spacial score (nSPS) is 13.8. The Labute approximate surface area is 184 Å². The Morgan fingerprint density at radius 1 is 0.938 bits per heavy atom. The molecule has 0 saturated carbocycles. The molecule has 32 heavy (non-hydrogen) atoms. The predicted octanol–water partition coefficient (Wildman–Crippen LogP) is 4.01. The molecule has 0 aliphatic carbocycles. The van der Waals surface area contributed by atoms with Gasteiger partial charge in [-0.3, -0.25) is 14.3 Å². The van der Waals surface area contributed by atoms with Gasteiger partial charge in [0.1, 0.15) is 5.82 Å². The molecule has 1 heterocycles. The lowest BCUT2D eigenvalue weighted by atomic mass is 10.2. The van der Waals surface area contributed by atoms with Crippen LogP contribution in [0.1, 0.15) is 23.2 Å². The average molecular weight is 453 g/mol. The van der Waals surface area contributed by atoms with Crippen molar-refractivity contribution in [2.45, 2.75) is 17.7 Å². The summed E-state index contributed by atoms with van der Waals surface area (Å²) in [5, 5.41) is 2.75. The van der Waals surface area contributed by atoms with Crippen molar-refractivity contribution in [2.24, 2.45) is 0 Å². The molecule has 0 unspecified atom stereocenters. The highest BCUT2D eigenvalue weighted by Gasteiger charge is 2.24. The zero-order valence-electron chi connectivity index (χ0n) is 16.9. The molecule has 7 nitrogen and oxygen atoms in total. The van der Waals surface area contributed by atoms with Crippen molar-refractivity contribution in [1.82, 2.24) is 0 Å². The van der Waals surface area contributed by atoms with Crippen molar-refractivity contribution in [2.75, 3.05) is 21.5 Å². The van der Waals surface area contributed by atoms with E-state index in [1.807, 2.05) is 0 Å². The molecule has 2 N–H and O–H groups in total. The van der Waals surface area contributed by atoms with Crippen LogP contribution in [0.2, 0.25) is 0 Å². The van der Waals surface area contributed by atoms with Gasteiger partial charge in [-0.15, -0.1) is 0 Å². The number of rotatable bonds is 6. The topological polar surface area (TPSA) is 95.6 Å². The lowest BCUT2D eigenvalue weighted by Gasteiger charge is -2.20. The molecule has 2 amide bonds. The van der Waals surface area contributed by atoms with E-state index in [9.17, 15) is 22.4 Å². The van der Waals surface area contributed by atoms with Gasteiger partial charge in [0, 0.05) is 18.5 Å². The van der Waals surface area contributed by atoms with Crippen LogP contribution < -0.4 is 14.9 Å². The summed E-state index contributed by atoms with van der Waals surface area (Å²) in [6.07, 6.45) is 1.20. The van der Waals surface area contributed by atoms with E-state index < -0.39 is 21.7 Å². The van der Waals surface area contributed by atoms with Crippen molar-refractivity contribution < 1.29 is 22.4 Å². The summed E-state index contributed by atoms with van der Waals surface area (Å²) in [6, 6.07) is 17.8. The molecule has 3 aromatic rings. The smallest absolute Gasteiger partial charge is 0.262 e. The van der Waals surface area contributed by atoms with Crippen molar-refractivity contribution in [3.63, 3.8) is 0 Å². The maximum absolute atomic E-state index is 13.9. The summed E-state index contributed by atoms with van der Waals surface area (Å²) >= 11 is 0. The minimum Gasteiger partial charge on any atom is -0.320 e. The predicted molar refractivity (Wildman–Crippen MR) is 120 cm³/mol. The van der Waals surface area contributed by atoms with Gasteiger partial charge >= 0.3 is 0 Å². The SMILES string of the molecule is O=C(Nc1ccccc1N1CCCC1=O)c1cccc(S(=O)(=O)Nc2ccccc2F)c1. The fourth-order valence-corrected chi connectivity index (χ4v) is 4.58. The third kappa shape index (κ3) is 4.47. The second kappa shape index (κ2) is 8.80. The van der Waals surface area contributed by atoms with E-state index in [-0.39, 0.29) is 22.1 Å². The molecule has 1 aliphatic heterocycles. The number of amides is 2. The fraction of sp³-hybridized carbons (Fsp3) is 0.130. The fourth-order valence-electron chi connectivity index (χ4n) is 3.46. The molecule has 0 aromatic heterocycles. The first-order valence-corrected chi connectivity index (χ1v) is 11.4. The summed E-state index contributed by atoms with van der Waals surface area (Å²) in [7, 11) is -4.12. The van der Waals surface area contributed by atoms with Gasteiger partial charge in [0.25, 0.3) is 15.9 Å². The molecule has 4 rings (SSSR count). The number of nitrogens with zero attached hydrogens (tertiary/aromatic N) is 1. The zero-order valence-corrected chi connectivity index (χ0v) is 17.7. The van der Waals surface area contributed by atoms with Gasteiger partial charge in [0.2, 0.25) is 5.91 Å². The molecule has 0 radical (unpaired) electrons.